The Bertz CT molecular complexity index is 595. The summed E-state index contributed by atoms with van der Waals surface area (Å²) in [5.74, 6) is 0. The number of rotatable bonds is 0. The minimum absolute atomic E-state index is 0.241. The number of aromatic nitrogens is 1. The van der Waals surface area contributed by atoms with Crippen molar-refractivity contribution in [1.29, 1.82) is 0 Å². The fraction of sp³-hybridized carbons (Fsp3) is 0.182. The van der Waals surface area contributed by atoms with Gasteiger partial charge in [-0.3, -0.25) is 4.98 Å². The molecule has 1 nitrogen and oxygen atoms in total. The van der Waals surface area contributed by atoms with E-state index in [1.165, 1.54) is 6.07 Å². The molecule has 0 spiro atoms. The maximum atomic E-state index is 12.5. The first-order chi connectivity index (χ1) is 7.80. The molecule has 2 rings (SSSR count). The molecule has 1 aromatic carbocycles. The van der Waals surface area contributed by atoms with E-state index in [1.807, 2.05) is 0 Å². The van der Waals surface area contributed by atoms with Crippen molar-refractivity contribution in [3.05, 3.63) is 39.0 Å². The van der Waals surface area contributed by atoms with Crippen LogP contribution in [0.5, 0.6) is 0 Å². The highest BCUT2D eigenvalue weighted by atomic mass is 79.9. The van der Waals surface area contributed by atoms with Gasteiger partial charge in [-0.2, -0.15) is 13.2 Å². The van der Waals surface area contributed by atoms with Crippen molar-refractivity contribution in [2.45, 2.75) is 13.1 Å². The molecule has 0 atom stereocenters. The van der Waals surface area contributed by atoms with Gasteiger partial charge in [-0.15, -0.1) is 0 Å². The first-order valence-electron chi connectivity index (χ1n) is 4.63. The average molecular weight is 325 g/mol. The highest BCUT2D eigenvalue weighted by Crippen LogP contribution is 2.36. The van der Waals surface area contributed by atoms with E-state index in [4.69, 9.17) is 11.6 Å². The monoisotopic (exact) mass is 323 g/mol. The van der Waals surface area contributed by atoms with E-state index in [0.717, 1.165) is 12.1 Å². The Morgan fingerprint density at radius 2 is 1.94 bits per heavy atom. The van der Waals surface area contributed by atoms with Crippen LogP contribution in [0.3, 0.4) is 0 Å². The molecule has 0 bridgehead atoms. The number of hydrogen-bond donors (Lipinski definition) is 0. The topological polar surface area (TPSA) is 12.9 Å². The third-order valence-electron chi connectivity index (χ3n) is 2.36. The molecule has 0 aliphatic rings. The fourth-order valence-corrected chi connectivity index (χ4v) is 2.09. The number of fused-ring (bicyclic) bond motifs is 1. The second kappa shape index (κ2) is 4.14. The van der Waals surface area contributed by atoms with E-state index >= 15 is 0 Å². The van der Waals surface area contributed by atoms with Crippen LogP contribution >= 0.6 is 27.5 Å². The molecule has 0 aliphatic carbocycles. The SMILES string of the molecule is Cc1nc2cc(C(F)(F)F)ccc2c(Cl)c1Br. The quantitative estimate of drug-likeness (QED) is 0.666. The lowest BCUT2D eigenvalue weighted by Crippen LogP contribution is -2.04. The summed E-state index contributed by atoms with van der Waals surface area (Å²) in [5, 5.41) is 0.873. The third-order valence-corrected chi connectivity index (χ3v) is 3.95. The predicted molar refractivity (Wildman–Crippen MR) is 64.2 cm³/mol. The molecule has 2 aromatic rings. The summed E-state index contributed by atoms with van der Waals surface area (Å²) in [6, 6.07) is 3.33. The Labute approximate surface area is 109 Å². The zero-order valence-corrected chi connectivity index (χ0v) is 10.9. The van der Waals surface area contributed by atoms with Crippen LogP contribution in [0, 0.1) is 6.92 Å². The lowest BCUT2D eigenvalue weighted by molar-refractivity contribution is -0.137. The van der Waals surface area contributed by atoms with Gasteiger partial charge >= 0.3 is 6.18 Å². The van der Waals surface area contributed by atoms with Crippen molar-refractivity contribution in [2.75, 3.05) is 0 Å². The Morgan fingerprint density at radius 3 is 2.53 bits per heavy atom. The lowest BCUT2D eigenvalue weighted by Gasteiger charge is -2.10. The average Bonchev–Trinajstić information content (AvgIpc) is 2.24. The second-order valence-electron chi connectivity index (χ2n) is 3.55. The van der Waals surface area contributed by atoms with Crippen molar-refractivity contribution in [1.82, 2.24) is 4.98 Å². The van der Waals surface area contributed by atoms with Gasteiger partial charge in [-0.05, 0) is 35.0 Å². The van der Waals surface area contributed by atoms with E-state index in [-0.39, 0.29) is 5.52 Å². The van der Waals surface area contributed by atoms with E-state index < -0.39 is 11.7 Å². The molecule has 6 heteroatoms. The van der Waals surface area contributed by atoms with Gasteiger partial charge in [0.2, 0.25) is 0 Å². The standard InChI is InChI=1S/C11H6BrClF3N/c1-5-9(12)10(13)7-3-2-6(11(14,15)16)4-8(7)17-5/h2-4H,1H3. The zero-order valence-electron chi connectivity index (χ0n) is 8.57. The molecule has 1 heterocycles. The Kier molecular flexibility index (Phi) is 3.08. The van der Waals surface area contributed by atoms with E-state index in [1.54, 1.807) is 6.92 Å². The predicted octanol–water partition coefficient (Wildman–Crippen LogP) is 4.98. The van der Waals surface area contributed by atoms with Gasteiger partial charge in [0.25, 0.3) is 0 Å². The number of halogens is 5. The van der Waals surface area contributed by atoms with E-state index in [2.05, 4.69) is 20.9 Å². The van der Waals surface area contributed by atoms with Crippen LogP contribution in [0.2, 0.25) is 5.02 Å². The van der Waals surface area contributed by atoms with Crippen LogP contribution in [-0.2, 0) is 6.18 Å². The molecule has 0 radical (unpaired) electrons. The van der Waals surface area contributed by atoms with Gasteiger partial charge in [0, 0.05) is 5.39 Å². The number of aryl methyl sites for hydroxylation is 1. The molecule has 0 N–H and O–H groups in total. The number of alkyl halides is 3. The molecular weight excluding hydrogens is 318 g/mol. The molecule has 0 saturated heterocycles. The summed E-state index contributed by atoms with van der Waals surface area (Å²) < 4.78 is 38.2. The first-order valence-corrected chi connectivity index (χ1v) is 5.80. The van der Waals surface area contributed by atoms with Gasteiger partial charge in [0.05, 0.1) is 26.3 Å². The van der Waals surface area contributed by atoms with Gasteiger partial charge in [0.15, 0.2) is 0 Å². The summed E-state index contributed by atoms with van der Waals surface area (Å²) in [6.45, 7) is 1.68. The summed E-state index contributed by atoms with van der Waals surface area (Å²) in [6.07, 6.45) is -4.37. The van der Waals surface area contributed by atoms with Gasteiger partial charge < -0.3 is 0 Å². The normalized spacial score (nSPS) is 12.1. The molecule has 90 valence electrons. The summed E-state index contributed by atoms with van der Waals surface area (Å²) in [7, 11) is 0. The summed E-state index contributed by atoms with van der Waals surface area (Å²) >= 11 is 9.27. The minimum Gasteiger partial charge on any atom is -0.252 e. The molecule has 0 amide bonds. The molecule has 0 unspecified atom stereocenters. The molecule has 0 saturated carbocycles. The van der Waals surface area contributed by atoms with Crippen molar-refractivity contribution < 1.29 is 13.2 Å². The summed E-state index contributed by atoms with van der Waals surface area (Å²) in [5.41, 5.74) is 0.0719. The maximum absolute atomic E-state index is 12.5. The molecule has 0 fully saturated rings. The minimum atomic E-state index is -4.37. The molecule has 1 aromatic heterocycles. The Morgan fingerprint density at radius 1 is 1.29 bits per heavy atom. The van der Waals surface area contributed by atoms with Crippen molar-refractivity contribution in [3.8, 4) is 0 Å². The van der Waals surface area contributed by atoms with E-state index in [9.17, 15) is 13.2 Å². The van der Waals surface area contributed by atoms with Crippen LogP contribution in [0.1, 0.15) is 11.3 Å². The lowest BCUT2D eigenvalue weighted by atomic mass is 10.1. The fourth-order valence-electron chi connectivity index (χ4n) is 1.49. The summed E-state index contributed by atoms with van der Waals surface area (Å²) in [4.78, 5) is 4.08. The highest BCUT2D eigenvalue weighted by molar-refractivity contribution is 9.10. The number of benzene rings is 1. The number of hydrogen-bond acceptors (Lipinski definition) is 1. The second-order valence-corrected chi connectivity index (χ2v) is 4.73. The van der Waals surface area contributed by atoms with E-state index in [0.29, 0.717) is 20.6 Å². The third kappa shape index (κ3) is 2.26. The van der Waals surface area contributed by atoms with Crippen molar-refractivity contribution in [3.63, 3.8) is 0 Å². The van der Waals surface area contributed by atoms with Gasteiger partial charge in [-0.25, -0.2) is 0 Å². The van der Waals surface area contributed by atoms with Crippen molar-refractivity contribution >= 4 is 38.4 Å². The smallest absolute Gasteiger partial charge is 0.252 e. The number of pyridine rings is 1. The molecule has 17 heavy (non-hydrogen) atoms. The molecular formula is C11H6BrClF3N. The maximum Gasteiger partial charge on any atom is 0.416 e. The first kappa shape index (κ1) is 12.6. The highest BCUT2D eigenvalue weighted by Gasteiger charge is 2.30. The van der Waals surface area contributed by atoms with Gasteiger partial charge in [-0.1, -0.05) is 17.7 Å². The largest absolute Gasteiger partial charge is 0.416 e. The van der Waals surface area contributed by atoms with Crippen LogP contribution in [0.4, 0.5) is 13.2 Å². The van der Waals surface area contributed by atoms with Crippen LogP contribution < -0.4 is 0 Å². The van der Waals surface area contributed by atoms with Crippen LogP contribution in [0.15, 0.2) is 22.7 Å². The van der Waals surface area contributed by atoms with Crippen LogP contribution in [-0.4, -0.2) is 4.98 Å². The molecule has 0 aliphatic heterocycles. The number of nitrogens with zero attached hydrogens (tertiary/aromatic N) is 1. The zero-order chi connectivity index (χ0) is 12.8. The van der Waals surface area contributed by atoms with Crippen LogP contribution in [0.25, 0.3) is 10.9 Å². The van der Waals surface area contributed by atoms with Crippen molar-refractivity contribution in [2.24, 2.45) is 0 Å². The Balaban J connectivity index is 2.76. The Hall–Kier alpha value is -0.810. The van der Waals surface area contributed by atoms with Gasteiger partial charge in [0.1, 0.15) is 0 Å².